The Morgan fingerprint density at radius 2 is 2.00 bits per heavy atom. The van der Waals surface area contributed by atoms with Crippen molar-refractivity contribution < 1.29 is 4.74 Å². The average Bonchev–Trinajstić information content (AvgIpc) is 2.55. The first-order chi connectivity index (χ1) is 7.52. The number of aromatic nitrogens is 2. The lowest BCUT2D eigenvalue weighted by molar-refractivity contribution is 0.183. The predicted molar refractivity (Wildman–Crippen MR) is 66.7 cm³/mol. The van der Waals surface area contributed by atoms with E-state index < -0.39 is 0 Å². The molecule has 1 atom stereocenters. The third kappa shape index (κ3) is 2.38. The Labute approximate surface area is 97.8 Å². The normalized spacial score (nSPS) is 13.4. The molecule has 0 aliphatic carbocycles. The van der Waals surface area contributed by atoms with Crippen LogP contribution in [0.3, 0.4) is 0 Å². The van der Waals surface area contributed by atoms with E-state index in [2.05, 4.69) is 37.2 Å². The van der Waals surface area contributed by atoms with Crippen LogP contribution in [0.15, 0.2) is 0 Å². The molecule has 0 aromatic carbocycles. The maximum atomic E-state index is 6.13. The molecule has 0 amide bonds. The van der Waals surface area contributed by atoms with Crippen LogP contribution in [0, 0.1) is 0 Å². The Balaban J connectivity index is 3.11. The molecule has 1 rings (SSSR count). The standard InChI is InChI=1S/C12H23N3O/c1-6-15-11(13)10(9(4)7-16-5)14-12(15)8(2)3/h8-9H,6-7,13H2,1-5H3. The fraction of sp³-hybridized carbons (Fsp3) is 0.750. The molecule has 0 bridgehead atoms. The molecule has 1 aromatic rings. The molecule has 0 radical (unpaired) electrons. The molecule has 4 heteroatoms. The molecule has 0 saturated heterocycles. The maximum absolute atomic E-state index is 6.13. The van der Waals surface area contributed by atoms with E-state index in [1.54, 1.807) is 7.11 Å². The lowest BCUT2D eigenvalue weighted by Crippen LogP contribution is -2.08. The highest BCUT2D eigenvalue weighted by Crippen LogP contribution is 2.26. The number of nitrogens with two attached hydrogens (primary N) is 1. The number of hydrogen-bond acceptors (Lipinski definition) is 3. The number of nitrogen functional groups attached to an aromatic ring is 1. The van der Waals surface area contributed by atoms with Gasteiger partial charge in [0, 0.05) is 25.5 Å². The van der Waals surface area contributed by atoms with Gasteiger partial charge in [-0.2, -0.15) is 0 Å². The van der Waals surface area contributed by atoms with Gasteiger partial charge in [-0.15, -0.1) is 0 Å². The molecular formula is C12H23N3O. The summed E-state index contributed by atoms with van der Waals surface area (Å²) < 4.78 is 7.24. The van der Waals surface area contributed by atoms with Crippen molar-refractivity contribution >= 4 is 5.82 Å². The van der Waals surface area contributed by atoms with Crippen molar-refractivity contribution in [3.63, 3.8) is 0 Å². The molecule has 0 fully saturated rings. The Hall–Kier alpha value is -1.03. The van der Waals surface area contributed by atoms with Crippen LogP contribution in [0.25, 0.3) is 0 Å². The van der Waals surface area contributed by atoms with Crippen LogP contribution in [0.5, 0.6) is 0 Å². The van der Waals surface area contributed by atoms with E-state index in [4.69, 9.17) is 10.5 Å². The zero-order chi connectivity index (χ0) is 12.3. The summed E-state index contributed by atoms with van der Waals surface area (Å²) in [6, 6.07) is 0. The van der Waals surface area contributed by atoms with Gasteiger partial charge in [-0.25, -0.2) is 4.98 Å². The fourth-order valence-corrected chi connectivity index (χ4v) is 1.97. The highest BCUT2D eigenvalue weighted by atomic mass is 16.5. The van der Waals surface area contributed by atoms with Crippen LogP contribution in [0.1, 0.15) is 51.0 Å². The quantitative estimate of drug-likeness (QED) is 0.837. The first kappa shape index (κ1) is 13.0. The van der Waals surface area contributed by atoms with E-state index >= 15 is 0 Å². The van der Waals surface area contributed by atoms with Crippen molar-refractivity contribution in [1.29, 1.82) is 0 Å². The first-order valence-electron chi connectivity index (χ1n) is 5.87. The van der Waals surface area contributed by atoms with Crippen molar-refractivity contribution in [3.8, 4) is 0 Å². The summed E-state index contributed by atoms with van der Waals surface area (Å²) in [5.41, 5.74) is 7.09. The van der Waals surface area contributed by atoms with Gasteiger partial charge in [0.25, 0.3) is 0 Å². The summed E-state index contributed by atoms with van der Waals surface area (Å²) in [5, 5.41) is 0. The second-order valence-electron chi connectivity index (χ2n) is 4.50. The van der Waals surface area contributed by atoms with Gasteiger partial charge in [-0.05, 0) is 6.92 Å². The summed E-state index contributed by atoms with van der Waals surface area (Å²) in [7, 11) is 1.70. The van der Waals surface area contributed by atoms with Gasteiger partial charge >= 0.3 is 0 Å². The van der Waals surface area contributed by atoms with Gasteiger partial charge in [0.1, 0.15) is 11.6 Å². The van der Waals surface area contributed by atoms with Crippen LogP contribution >= 0.6 is 0 Å². The molecule has 0 aliphatic rings. The minimum atomic E-state index is 0.246. The summed E-state index contributed by atoms with van der Waals surface area (Å²) in [6.45, 7) is 9.98. The molecule has 1 heterocycles. The minimum absolute atomic E-state index is 0.246. The molecule has 4 nitrogen and oxygen atoms in total. The molecule has 92 valence electrons. The van der Waals surface area contributed by atoms with Gasteiger partial charge in [-0.3, -0.25) is 0 Å². The number of imidazole rings is 1. The van der Waals surface area contributed by atoms with Crippen LogP contribution in [-0.2, 0) is 11.3 Å². The summed E-state index contributed by atoms with van der Waals surface area (Å²) in [4.78, 5) is 4.66. The summed E-state index contributed by atoms with van der Waals surface area (Å²) in [6.07, 6.45) is 0. The van der Waals surface area contributed by atoms with Gasteiger partial charge in [0.15, 0.2) is 0 Å². The van der Waals surface area contributed by atoms with E-state index in [0.717, 1.165) is 23.9 Å². The van der Waals surface area contributed by atoms with Crippen LogP contribution in [0.4, 0.5) is 5.82 Å². The van der Waals surface area contributed by atoms with Crippen LogP contribution in [0.2, 0.25) is 0 Å². The Morgan fingerprint density at radius 3 is 2.38 bits per heavy atom. The molecule has 1 unspecified atom stereocenters. The first-order valence-corrected chi connectivity index (χ1v) is 5.87. The lowest BCUT2D eigenvalue weighted by Gasteiger charge is -2.09. The van der Waals surface area contributed by atoms with E-state index in [1.165, 1.54) is 0 Å². The molecule has 1 aromatic heterocycles. The Morgan fingerprint density at radius 1 is 1.38 bits per heavy atom. The second-order valence-corrected chi connectivity index (χ2v) is 4.50. The number of ether oxygens (including phenoxy) is 1. The summed E-state index contributed by atoms with van der Waals surface area (Å²) >= 11 is 0. The fourth-order valence-electron chi connectivity index (χ4n) is 1.97. The Kier molecular flexibility index (Phi) is 4.35. The Bertz CT molecular complexity index is 344. The third-order valence-corrected chi connectivity index (χ3v) is 2.78. The smallest absolute Gasteiger partial charge is 0.127 e. The minimum Gasteiger partial charge on any atom is -0.384 e. The van der Waals surface area contributed by atoms with Crippen molar-refractivity contribution in [2.24, 2.45) is 0 Å². The topological polar surface area (TPSA) is 53.1 Å². The molecule has 0 spiro atoms. The molecule has 0 saturated carbocycles. The predicted octanol–water partition coefficient (Wildman–Crippen LogP) is 2.36. The van der Waals surface area contributed by atoms with Crippen LogP contribution in [-0.4, -0.2) is 23.3 Å². The third-order valence-electron chi connectivity index (χ3n) is 2.78. The highest BCUT2D eigenvalue weighted by Gasteiger charge is 2.19. The zero-order valence-corrected chi connectivity index (χ0v) is 10.9. The second kappa shape index (κ2) is 5.34. The zero-order valence-electron chi connectivity index (χ0n) is 10.9. The number of rotatable bonds is 5. The van der Waals surface area contributed by atoms with Crippen molar-refractivity contribution in [1.82, 2.24) is 9.55 Å². The SMILES string of the molecule is CCn1c(C(C)C)nc(C(C)COC)c1N. The van der Waals surface area contributed by atoms with Crippen molar-refractivity contribution in [2.75, 3.05) is 19.5 Å². The van der Waals surface area contributed by atoms with Gasteiger partial charge < -0.3 is 15.0 Å². The average molecular weight is 225 g/mol. The lowest BCUT2D eigenvalue weighted by atomic mass is 10.1. The number of hydrogen-bond donors (Lipinski definition) is 1. The van der Waals surface area contributed by atoms with E-state index in [9.17, 15) is 0 Å². The molecule has 16 heavy (non-hydrogen) atoms. The number of anilines is 1. The number of nitrogens with zero attached hydrogens (tertiary/aromatic N) is 2. The van der Waals surface area contributed by atoms with Crippen molar-refractivity contribution in [2.45, 2.75) is 46.1 Å². The summed E-state index contributed by atoms with van der Waals surface area (Å²) in [5.74, 6) is 2.50. The van der Waals surface area contributed by atoms with E-state index in [1.807, 2.05) is 0 Å². The van der Waals surface area contributed by atoms with Gasteiger partial charge in [-0.1, -0.05) is 20.8 Å². The number of methoxy groups -OCH3 is 1. The maximum Gasteiger partial charge on any atom is 0.127 e. The van der Waals surface area contributed by atoms with E-state index in [0.29, 0.717) is 12.5 Å². The monoisotopic (exact) mass is 225 g/mol. The molecule has 2 N–H and O–H groups in total. The van der Waals surface area contributed by atoms with Crippen LogP contribution < -0.4 is 5.73 Å². The molecular weight excluding hydrogens is 202 g/mol. The largest absolute Gasteiger partial charge is 0.384 e. The van der Waals surface area contributed by atoms with E-state index in [-0.39, 0.29) is 5.92 Å². The van der Waals surface area contributed by atoms with Crippen molar-refractivity contribution in [3.05, 3.63) is 11.5 Å². The molecule has 0 aliphatic heterocycles. The van der Waals surface area contributed by atoms with Gasteiger partial charge in [0.2, 0.25) is 0 Å². The van der Waals surface area contributed by atoms with Gasteiger partial charge in [0.05, 0.1) is 12.3 Å². The highest BCUT2D eigenvalue weighted by molar-refractivity contribution is 5.41.